The maximum atomic E-state index is 13.5. The number of piperidine rings is 1. The molecule has 1 spiro atoms. The van der Waals surface area contributed by atoms with Crippen molar-refractivity contribution in [3.8, 4) is 0 Å². The van der Waals surface area contributed by atoms with E-state index in [0.29, 0.717) is 35.9 Å². The molecule has 0 radical (unpaired) electrons. The molecule has 1 saturated heterocycles. The lowest BCUT2D eigenvalue weighted by atomic mass is 9.90. The van der Waals surface area contributed by atoms with Crippen molar-refractivity contribution in [2.45, 2.75) is 77.7 Å². The Morgan fingerprint density at radius 2 is 2.02 bits per heavy atom. The molecule has 0 aromatic carbocycles. The van der Waals surface area contributed by atoms with Gasteiger partial charge in [-0.05, 0) is 69.3 Å². The molecule has 9 nitrogen and oxygen atoms in total. The predicted molar refractivity (Wildman–Crippen MR) is 158 cm³/mol. The number of nitrogens with zero attached hydrogens (tertiary/aromatic N) is 2. The number of allylic oxidation sites excluding steroid dienone is 4. The van der Waals surface area contributed by atoms with Crippen LogP contribution in [0.2, 0.25) is 0 Å². The van der Waals surface area contributed by atoms with Crippen molar-refractivity contribution in [2.24, 2.45) is 11.3 Å². The molecule has 2 fully saturated rings. The average molecular weight is 551 g/mol. The van der Waals surface area contributed by atoms with Crippen molar-refractivity contribution in [2.75, 3.05) is 33.8 Å². The number of ether oxygens (including phenoxy) is 1. The van der Waals surface area contributed by atoms with Gasteiger partial charge >= 0.3 is 0 Å². The summed E-state index contributed by atoms with van der Waals surface area (Å²) in [7, 11) is 3.42. The molecule has 4 rings (SSSR count). The van der Waals surface area contributed by atoms with Gasteiger partial charge in [-0.2, -0.15) is 0 Å². The number of methoxy groups -OCH3 is 1. The van der Waals surface area contributed by atoms with Crippen molar-refractivity contribution in [1.82, 2.24) is 25.5 Å². The van der Waals surface area contributed by atoms with Crippen LogP contribution in [0, 0.1) is 16.7 Å². The number of ketones is 1. The van der Waals surface area contributed by atoms with Gasteiger partial charge in [0.15, 0.2) is 0 Å². The van der Waals surface area contributed by atoms with Crippen LogP contribution in [0.3, 0.4) is 0 Å². The molecule has 3 aliphatic rings. The summed E-state index contributed by atoms with van der Waals surface area (Å²) in [6.45, 7) is 7.33. The summed E-state index contributed by atoms with van der Waals surface area (Å²) in [6.07, 6.45) is 15.0. The van der Waals surface area contributed by atoms with Gasteiger partial charge in [0.25, 0.3) is 0 Å². The van der Waals surface area contributed by atoms with Crippen LogP contribution in [0.1, 0.15) is 89.2 Å². The van der Waals surface area contributed by atoms with Crippen LogP contribution in [0.5, 0.6) is 0 Å². The lowest BCUT2D eigenvalue weighted by Crippen LogP contribution is -2.37. The zero-order chi connectivity index (χ0) is 28.7. The Balaban J connectivity index is 1.46. The highest BCUT2D eigenvalue weighted by Crippen LogP contribution is 2.59. The number of aromatic amines is 1. The van der Waals surface area contributed by atoms with Gasteiger partial charge in [0.05, 0.1) is 30.8 Å². The first-order chi connectivity index (χ1) is 19.3. The largest absolute Gasteiger partial charge is 0.496 e. The molecular formula is C31H46N6O3. The van der Waals surface area contributed by atoms with E-state index < -0.39 is 0 Å². The van der Waals surface area contributed by atoms with E-state index in [-0.39, 0.29) is 23.3 Å². The molecule has 218 valence electrons. The van der Waals surface area contributed by atoms with Gasteiger partial charge in [-0.25, -0.2) is 4.98 Å². The molecule has 1 aliphatic heterocycles. The number of rotatable bonds is 14. The molecule has 0 unspecified atom stereocenters. The Morgan fingerprint density at radius 1 is 1.25 bits per heavy atom. The van der Waals surface area contributed by atoms with E-state index in [1.54, 1.807) is 32.6 Å². The Hall–Kier alpha value is -3.20. The number of likely N-dealkylation sites (tertiary alicyclic amines) is 1. The van der Waals surface area contributed by atoms with E-state index in [2.05, 4.69) is 32.4 Å². The lowest BCUT2D eigenvalue weighted by molar-refractivity contribution is -0.124. The third-order valence-electron chi connectivity index (χ3n) is 8.85. The zero-order valence-electron chi connectivity index (χ0n) is 24.6. The highest BCUT2D eigenvalue weighted by Gasteiger charge is 2.58. The van der Waals surface area contributed by atoms with Crippen molar-refractivity contribution >= 4 is 23.0 Å². The van der Waals surface area contributed by atoms with Crippen molar-refractivity contribution in [1.29, 1.82) is 5.41 Å². The van der Waals surface area contributed by atoms with Crippen LogP contribution in [0.4, 0.5) is 0 Å². The summed E-state index contributed by atoms with van der Waals surface area (Å²) in [4.78, 5) is 35.8. The van der Waals surface area contributed by atoms with Crippen LogP contribution in [0.15, 0.2) is 35.9 Å². The first-order valence-electron chi connectivity index (χ1n) is 14.9. The summed E-state index contributed by atoms with van der Waals surface area (Å²) in [5.74, 6) is 1.87. The second-order valence-electron chi connectivity index (χ2n) is 11.4. The van der Waals surface area contributed by atoms with Crippen LogP contribution in [0.25, 0.3) is 5.57 Å². The molecule has 9 heteroatoms. The number of amides is 1. The van der Waals surface area contributed by atoms with Crippen molar-refractivity contribution in [3.63, 3.8) is 0 Å². The number of carbonyl (C=O) groups is 2. The molecule has 1 amide bonds. The van der Waals surface area contributed by atoms with Crippen LogP contribution in [-0.4, -0.2) is 66.1 Å². The highest BCUT2D eigenvalue weighted by atomic mass is 16.5. The van der Waals surface area contributed by atoms with Gasteiger partial charge in [0.2, 0.25) is 5.91 Å². The quantitative estimate of drug-likeness (QED) is 0.250. The molecule has 1 aromatic heterocycles. The number of aromatic nitrogens is 2. The Kier molecular flexibility index (Phi) is 10.0. The lowest BCUT2D eigenvalue weighted by Gasteiger charge is -2.32. The minimum Gasteiger partial charge on any atom is -0.496 e. The average Bonchev–Trinajstić information content (AvgIpc) is 3.43. The molecule has 2 atom stereocenters. The third kappa shape index (κ3) is 6.92. The van der Waals surface area contributed by atoms with E-state index in [1.807, 2.05) is 13.0 Å². The fraction of sp³-hybridized carbons (Fsp3) is 0.613. The maximum absolute atomic E-state index is 13.5. The van der Waals surface area contributed by atoms with Gasteiger partial charge < -0.3 is 30.7 Å². The Morgan fingerprint density at radius 3 is 2.70 bits per heavy atom. The monoisotopic (exact) mass is 550 g/mol. The summed E-state index contributed by atoms with van der Waals surface area (Å²) in [5.41, 5.74) is 2.78. The molecule has 40 heavy (non-hydrogen) atoms. The number of carbonyl (C=O) groups excluding carboxylic acids is 2. The SMILES string of the molecule is CCC(=O)CCCCC[C@H](NC(=O)[C@H]1CC12CCN(CC)CC2)c1ncc(C2=CC(=N)/C(=C\NC)C=C2OC)[nH]1. The number of H-pyrrole nitrogens is 1. The van der Waals surface area contributed by atoms with Gasteiger partial charge in [-0.1, -0.05) is 26.7 Å². The smallest absolute Gasteiger partial charge is 0.224 e. The molecule has 4 N–H and O–H groups in total. The molecule has 2 heterocycles. The maximum Gasteiger partial charge on any atom is 0.224 e. The minimum atomic E-state index is -0.241. The second-order valence-corrected chi connectivity index (χ2v) is 11.4. The number of Topliss-reactive ketones (excluding diaryl/α,β-unsaturated/α-hetero) is 1. The summed E-state index contributed by atoms with van der Waals surface area (Å²) < 4.78 is 5.64. The summed E-state index contributed by atoms with van der Waals surface area (Å²) in [5, 5.41) is 14.7. The first-order valence-corrected chi connectivity index (χ1v) is 14.9. The molecule has 0 bridgehead atoms. The predicted octanol–water partition coefficient (Wildman–Crippen LogP) is 4.67. The minimum absolute atomic E-state index is 0.0764. The zero-order valence-corrected chi connectivity index (χ0v) is 24.6. The summed E-state index contributed by atoms with van der Waals surface area (Å²) in [6, 6.07) is -0.241. The van der Waals surface area contributed by atoms with E-state index in [9.17, 15) is 9.59 Å². The highest BCUT2D eigenvalue weighted by molar-refractivity contribution is 6.15. The first kappa shape index (κ1) is 29.8. The Bertz CT molecular complexity index is 1170. The standard InChI is InChI=1S/C31H46N6O3/c1-5-22(38)10-8-7-9-11-26(36-30(39)24-18-31(24)12-14-37(6-2)15-13-31)29-34-20-27(35-29)23-17-25(32)21(19-33-3)16-28(23)40-4/h16-17,19-20,24,26,32-33H,5-15,18H2,1-4H3,(H,34,35)(H,36,39)/b21-19-,32-25?/t24-,26+/m1/s1. The van der Waals surface area contributed by atoms with Gasteiger partial charge in [0.1, 0.15) is 17.4 Å². The van der Waals surface area contributed by atoms with Crippen molar-refractivity contribution < 1.29 is 14.3 Å². The van der Waals surface area contributed by atoms with Gasteiger partial charge in [-0.15, -0.1) is 0 Å². The van der Waals surface area contributed by atoms with Crippen LogP contribution < -0.4 is 10.6 Å². The normalized spacial score (nSPS) is 22.1. The van der Waals surface area contributed by atoms with Crippen LogP contribution >= 0.6 is 0 Å². The van der Waals surface area contributed by atoms with Crippen molar-refractivity contribution in [3.05, 3.63) is 47.4 Å². The van der Waals surface area contributed by atoms with E-state index >= 15 is 0 Å². The topological polar surface area (TPSA) is 123 Å². The third-order valence-corrected chi connectivity index (χ3v) is 8.85. The Labute approximate surface area is 238 Å². The molecule has 2 aliphatic carbocycles. The molecular weight excluding hydrogens is 504 g/mol. The number of hydrogen-bond donors (Lipinski definition) is 4. The second kappa shape index (κ2) is 13.4. The number of imidazole rings is 1. The van der Waals surface area contributed by atoms with Gasteiger partial charge in [-0.3, -0.25) is 9.59 Å². The fourth-order valence-electron chi connectivity index (χ4n) is 6.06. The number of unbranched alkanes of at least 4 members (excludes halogenated alkanes) is 2. The van der Waals surface area contributed by atoms with E-state index in [1.165, 1.54) is 0 Å². The van der Waals surface area contributed by atoms with E-state index in [4.69, 9.17) is 10.1 Å². The van der Waals surface area contributed by atoms with E-state index in [0.717, 1.165) is 81.4 Å². The molecule has 1 saturated carbocycles. The molecule has 1 aromatic rings. The fourth-order valence-corrected chi connectivity index (χ4v) is 6.06. The number of hydrogen-bond acceptors (Lipinski definition) is 7. The van der Waals surface area contributed by atoms with Gasteiger partial charge in [0, 0.05) is 43.2 Å². The number of nitrogens with one attached hydrogen (secondary N) is 4. The summed E-state index contributed by atoms with van der Waals surface area (Å²) >= 11 is 0. The van der Waals surface area contributed by atoms with Crippen LogP contribution in [-0.2, 0) is 14.3 Å².